The molecular formula is C22H29FN4O2. The van der Waals surface area contributed by atoms with Crippen LogP contribution in [0.5, 0.6) is 0 Å². The van der Waals surface area contributed by atoms with Crippen molar-refractivity contribution in [1.82, 2.24) is 9.80 Å². The van der Waals surface area contributed by atoms with Gasteiger partial charge >= 0.3 is 6.03 Å². The highest BCUT2D eigenvalue weighted by Gasteiger charge is 2.15. The highest BCUT2D eigenvalue weighted by atomic mass is 19.1. The van der Waals surface area contributed by atoms with Crippen LogP contribution >= 0.6 is 0 Å². The van der Waals surface area contributed by atoms with Gasteiger partial charge in [-0.3, -0.25) is 4.79 Å². The molecule has 0 aromatic heterocycles. The van der Waals surface area contributed by atoms with Crippen molar-refractivity contribution in [2.24, 2.45) is 0 Å². The van der Waals surface area contributed by atoms with Gasteiger partial charge in [0.25, 0.3) is 5.91 Å². The van der Waals surface area contributed by atoms with E-state index in [2.05, 4.69) is 29.4 Å². The van der Waals surface area contributed by atoms with E-state index in [1.165, 1.54) is 24.3 Å². The average Bonchev–Trinajstić information content (AvgIpc) is 2.70. The Hall–Kier alpha value is -2.93. The number of urea groups is 1. The molecule has 0 saturated heterocycles. The maximum Gasteiger partial charge on any atom is 0.323 e. The quantitative estimate of drug-likeness (QED) is 0.695. The molecule has 2 N–H and O–H groups in total. The number of halogens is 1. The Morgan fingerprint density at radius 3 is 1.93 bits per heavy atom. The van der Waals surface area contributed by atoms with Crippen LogP contribution in [-0.4, -0.2) is 54.5 Å². The van der Waals surface area contributed by atoms with E-state index in [9.17, 15) is 14.0 Å². The number of likely N-dealkylation sites (N-methyl/N-ethyl adjacent to an activating group) is 2. The number of hydrogen-bond acceptors (Lipinski definition) is 3. The number of amides is 3. The lowest BCUT2D eigenvalue weighted by Gasteiger charge is -2.26. The van der Waals surface area contributed by atoms with Gasteiger partial charge in [-0.1, -0.05) is 0 Å². The van der Waals surface area contributed by atoms with Crippen LogP contribution in [0.3, 0.4) is 0 Å². The molecular weight excluding hydrogens is 371 g/mol. The minimum atomic E-state index is -0.442. The maximum absolute atomic E-state index is 12.9. The molecule has 3 amide bonds. The van der Waals surface area contributed by atoms with E-state index in [1.807, 2.05) is 18.9 Å². The topological polar surface area (TPSA) is 64.7 Å². The maximum atomic E-state index is 12.9. The molecule has 6 nitrogen and oxygen atoms in total. The minimum Gasteiger partial charge on any atom is -0.338 e. The smallest absolute Gasteiger partial charge is 0.323 e. The molecule has 0 radical (unpaired) electrons. The van der Waals surface area contributed by atoms with Crippen LogP contribution in [-0.2, 0) is 0 Å². The third kappa shape index (κ3) is 6.87. The molecule has 0 fully saturated rings. The highest BCUT2D eigenvalue weighted by Crippen LogP contribution is 2.13. The summed E-state index contributed by atoms with van der Waals surface area (Å²) in [6.07, 6.45) is 0. The molecule has 0 aliphatic heterocycles. The molecule has 0 atom stereocenters. The molecule has 0 heterocycles. The second kappa shape index (κ2) is 10.6. The molecule has 0 unspecified atom stereocenters. The summed E-state index contributed by atoms with van der Waals surface area (Å²) < 4.78 is 12.9. The van der Waals surface area contributed by atoms with E-state index >= 15 is 0 Å². The Labute approximate surface area is 171 Å². The third-order valence-electron chi connectivity index (χ3n) is 4.76. The lowest BCUT2D eigenvalue weighted by Crippen LogP contribution is -2.39. The fourth-order valence-electron chi connectivity index (χ4n) is 2.65. The number of hydrogen-bond donors (Lipinski definition) is 2. The van der Waals surface area contributed by atoms with Crippen molar-refractivity contribution in [2.45, 2.75) is 26.8 Å². The second-order valence-electron chi connectivity index (χ2n) is 7.12. The van der Waals surface area contributed by atoms with Gasteiger partial charge in [-0.25, -0.2) is 9.18 Å². The number of rotatable bonds is 8. The summed E-state index contributed by atoms with van der Waals surface area (Å²) in [5, 5.41) is 5.31. The van der Waals surface area contributed by atoms with Gasteiger partial charge < -0.3 is 20.4 Å². The summed E-state index contributed by atoms with van der Waals surface area (Å²) in [5.41, 5.74) is 1.62. The monoisotopic (exact) mass is 400 g/mol. The number of anilines is 2. The Morgan fingerprint density at radius 2 is 1.45 bits per heavy atom. The van der Waals surface area contributed by atoms with Crippen LogP contribution in [0.2, 0.25) is 0 Å². The van der Waals surface area contributed by atoms with Crippen LogP contribution in [0.4, 0.5) is 20.6 Å². The molecule has 2 rings (SSSR count). The lowest BCUT2D eigenvalue weighted by atomic mass is 10.1. The van der Waals surface area contributed by atoms with Crippen molar-refractivity contribution in [3.8, 4) is 0 Å². The fraction of sp³-hybridized carbons (Fsp3) is 0.364. The molecule has 0 saturated carbocycles. The summed E-state index contributed by atoms with van der Waals surface area (Å²) in [5.74, 6) is -0.403. The summed E-state index contributed by atoms with van der Waals surface area (Å²) in [6, 6.07) is 12.3. The number of nitrogens with zero attached hydrogens (tertiary/aromatic N) is 2. The van der Waals surface area contributed by atoms with Gasteiger partial charge in [0, 0.05) is 42.6 Å². The van der Waals surface area contributed by atoms with Gasteiger partial charge in [0.05, 0.1) is 0 Å². The Kier molecular flexibility index (Phi) is 8.15. The standard InChI is InChI=1S/C22H29FN4O2/c1-5-27(15-14-26(4)16(2)3)21(28)17-6-10-19(11-7-17)24-22(29)25-20-12-8-18(23)9-13-20/h6-13,16H,5,14-15H2,1-4H3,(H2,24,25,29). The first-order valence-electron chi connectivity index (χ1n) is 9.73. The molecule has 0 spiro atoms. The van der Waals surface area contributed by atoms with Crippen molar-refractivity contribution >= 4 is 23.3 Å². The normalized spacial score (nSPS) is 10.9. The molecule has 29 heavy (non-hydrogen) atoms. The minimum absolute atomic E-state index is 0.0352. The van der Waals surface area contributed by atoms with Crippen LogP contribution < -0.4 is 10.6 Å². The zero-order valence-electron chi connectivity index (χ0n) is 17.4. The Balaban J connectivity index is 1.93. The van der Waals surface area contributed by atoms with Crippen molar-refractivity contribution in [1.29, 1.82) is 0 Å². The third-order valence-corrected chi connectivity index (χ3v) is 4.76. The van der Waals surface area contributed by atoms with E-state index in [-0.39, 0.29) is 11.7 Å². The summed E-state index contributed by atoms with van der Waals surface area (Å²) >= 11 is 0. The Morgan fingerprint density at radius 1 is 0.931 bits per heavy atom. The number of benzene rings is 2. The SMILES string of the molecule is CCN(CCN(C)C(C)C)C(=O)c1ccc(NC(=O)Nc2ccc(F)cc2)cc1. The van der Waals surface area contributed by atoms with Gasteiger partial charge in [-0.15, -0.1) is 0 Å². The van der Waals surface area contributed by atoms with E-state index < -0.39 is 6.03 Å². The van der Waals surface area contributed by atoms with Gasteiger partial charge in [0.2, 0.25) is 0 Å². The van der Waals surface area contributed by atoms with Crippen LogP contribution in [0, 0.1) is 5.82 Å². The first kappa shape index (κ1) is 22.4. The predicted octanol–water partition coefficient (Wildman–Crippen LogP) is 4.27. The molecule has 2 aromatic carbocycles. The molecule has 0 aliphatic carbocycles. The van der Waals surface area contributed by atoms with E-state index in [0.717, 1.165) is 6.54 Å². The summed E-state index contributed by atoms with van der Waals surface area (Å²) in [7, 11) is 2.04. The van der Waals surface area contributed by atoms with Crippen molar-refractivity contribution in [3.05, 3.63) is 59.9 Å². The lowest BCUT2D eigenvalue weighted by molar-refractivity contribution is 0.0744. The molecule has 2 aromatic rings. The number of carbonyl (C=O) groups excluding carboxylic acids is 2. The average molecular weight is 400 g/mol. The van der Waals surface area contributed by atoms with Crippen molar-refractivity contribution in [3.63, 3.8) is 0 Å². The Bertz CT molecular complexity index is 807. The van der Waals surface area contributed by atoms with E-state index in [4.69, 9.17) is 0 Å². The van der Waals surface area contributed by atoms with Crippen LogP contribution in [0.1, 0.15) is 31.1 Å². The number of carbonyl (C=O) groups is 2. The molecule has 156 valence electrons. The first-order valence-corrected chi connectivity index (χ1v) is 9.73. The summed E-state index contributed by atoms with van der Waals surface area (Å²) in [6.45, 7) is 8.30. The van der Waals surface area contributed by atoms with Crippen LogP contribution in [0.25, 0.3) is 0 Å². The second-order valence-corrected chi connectivity index (χ2v) is 7.12. The van der Waals surface area contributed by atoms with Gasteiger partial charge in [-0.05, 0) is 76.3 Å². The highest BCUT2D eigenvalue weighted by molar-refractivity contribution is 6.00. The molecule has 0 aliphatic rings. The first-order chi connectivity index (χ1) is 13.8. The molecule has 0 bridgehead atoms. The van der Waals surface area contributed by atoms with Gasteiger partial charge in [0.15, 0.2) is 0 Å². The van der Waals surface area contributed by atoms with Crippen molar-refractivity contribution < 1.29 is 14.0 Å². The zero-order valence-corrected chi connectivity index (χ0v) is 17.4. The summed E-state index contributed by atoms with van der Waals surface area (Å²) in [4.78, 5) is 28.8. The van der Waals surface area contributed by atoms with Crippen LogP contribution in [0.15, 0.2) is 48.5 Å². The molecule has 7 heteroatoms. The number of nitrogens with one attached hydrogen (secondary N) is 2. The van der Waals surface area contributed by atoms with Gasteiger partial charge in [-0.2, -0.15) is 0 Å². The largest absolute Gasteiger partial charge is 0.338 e. The zero-order chi connectivity index (χ0) is 21.4. The van der Waals surface area contributed by atoms with Gasteiger partial charge in [0.1, 0.15) is 5.82 Å². The predicted molar refractivity (Wildman–Crippen MR) is 115 cm³/mol. The fourth-order valence-corrected chi connectivity index (χ4v) is 2.65. The van der Waals surface area contributed by atoms with E-state index in [1.54, 1.807) is 24.3 Å². The van der Waals surface area contributed by atoms with E-state index in [0.29, 0.717) is 36.1 Å². The van der Waals surface area contributed by atoms with Crippen molar-refractivity contribution in [2.75, 3.05) is 37.3 Å².